The summed E-state index contributed by atoms with van der Waals surface area (Å²) in [7, 11) is 0. The van der Waals surface area contributed by atoms with E-state index in [1.807, 2.05) is 26.7 Å². The Hall–Kier alpha value is -1.66. The topological polar surface area (TPSA) is 61.1 Å². The summed E-state index contributed by atoms with van der Waals surface area (Å²) in [6.07, 6.45) is 6.61. The summed E-state index contributed by atoms with van der Waals surface area (Å²) in [6, 6.07) is 0. The summed E-state index contributed by atoms with van der Waals surface area (Å²) in [5.41, 5.74) is 6.85. The Balaban J connectivity index is 2.26. The Morgan fingerprint density at radius 3 is 3.06 bits per heavy atom. The third-order valence-electron chi connectivity index (χ3n) is 2.80. The van der Waals surface area contributed by atoms with E-state index in [4.69, 9.17) is 5.73 Å². The Morgan fingerprint density at radius 2 is 2.29 bits per heavy atom. The predicted molar refractivity (Wildman–Crippen MR) is 67.5 cm³/mol. The third kappa shape index (κ3) is 1.49. The predicted octanol–water partition coefficient (Wildman–Crippen LogP) is 1.60. The van der Waals surface area contributed by atoms with Crippen LogP contribution in [0.25, 0.3) is 10.8 Å². The van der Waals surface area contributed by atoms with Crippen LogP contribution in [-0.2, 0) is 13.0 Å². The Labute approximate surface area is 103 Å². The van der Waals surface area contributed by atoms with Gasteiger partial charge in [-0.05, 0) is 0 Å². The Bertz CT molecular complexity index is 648. The van der Waals surface area contributed by atoms with E-state index in [0.717, 1.165) is 28.7 Å². The lowest BCUT2D eigenvalue weighted by Crippen LogP contribution is -2.07. The van der Waals surface area contributed by atoms with Crippen molar-refractivity contribution in [3.8, 4) is 5.82 Å². The molecule has 0 aliphatic rings. The molecule has 3 aromatic rings. The monoisotopic (exact) mass is 247 g/mol. The van der Waals surface area contributed by atoms with E-state index in [0.29, 0.717) is 6.54 Å². The molecule has 0 atom stereocenters. The van der Waals surface area contributed by atoms with E-state index < -0.39 is 0 Å². The van der Waals surface area contributed by atoms with Crippen LogP contribution in [0.1, 0.15) is 18.4 Å². The van der Waals surface area contributed by atoms with Gasteiger partial charge in [0.2, 0.25) is 0 Å². The van der Waals surface area contributed by atoms with Gasteiger partial charge in [-0.2, -0.15) is 0 Å². The molecule has 0 bridgehead atoms. The van der Waals surface area contributed by atoms with Crippen molar-refractivity contribution < 1.29 is 0 Å². The number of imidazole rings is 2. The van der Waals surface area contributed by atoms with E-state index in [2.05, 4.69) is 16.9 Å². The first-order chi connectivity index (χ1) is 8.35. The summed E-state index contributed by atoms with van der Waals surface area (Å²) in [4.78, 5) is 9.91. The number of aryl methyl sites for hydroxylation is 1. The maximum absolute atomic E-state index is 5.83. The summed E-state index contributed by atoms with van der Waals surface area (Å²) in [6.45, 7) is 2.55. The molecule has 0 aliphatic heterocycles. The van der Waals surface area contributed by atoms with E-state index in [9.17, 15) is 0 Å². The zero-order valence-electron chi connectivity index (χ0n) is 9.50. The Kier molecular flexibility index (Phi) is 2.45. The quantitative estimate of drug-likeness (QED) is 0.764. The van der Waals surface area contributed by atoms with Gasteiger partial charge in [0.1, 0.15) is 5.82 Å². The van der Waals surface area contributed by atoms with Crippen LogP contribution in [0.4, 0.5) is 0 Å². The smallest absolute Gasteiger partial charge is 0.195 e. The van der Waals surface area contributed by atoms with Gasteiger partial charge in [0, 0.05) is 36.9 Å². The van der Waals surface area contributed by atoms with Gasteiger partial charge in [0.25, 0.3) is 0 Å². The molecule has 0 radical (unpaired) electrons. The third-order valence-corrected chi connectivity index (χ3v) is 3.55. The van der Waals surface area contributed by atoms with Crippen molar-refractivity contribution >= 4 is 16.3 Å². The largest absolute Gasteiger partial charge is 0.325 e. The number of rotatable bonds is 3. The van der Waals surface area contributed by atoms with Gasteiger partial charge in [-0.3, -0.25) is 8.97 Å². The minimum Gasteiger partial charge on any atom is -0.325 e. The molecule has 0 saturated carbocycles. The second-order valence-corrected chi connectivity index (χ2v) is 4.58. The van der Waals surface area contributed by atoms with Crippen molar-refractivity contribution in [3.63, 3.8) is 0 Å². The molecule has 6 heteroatoms. The van der Waals surface area contributed by atoms with Crippen molar-refractivity contribution in [2.24, 2.45) is 5.73 Å². The molecule has 0 unspecified atom stereocenters. The molecular weight excluding hydrogens is 234 g/mol. The minimum atomic E-state index is 0.467. The molecule has 3 heterocycles. The minimum absolute atomic E-state index is 0.467. The fourth-order valence-corrected chi connectivity index (χ4v) is 2.72. The molecule has 0 saturated heterocycles. The lowest BCUT2D eigenvalue weighted by atomic mass is 10.4. The van der Waals surface area contributed by atoms with Crippen LogP contribution < -0.4 is 5.73 Å². The highest BCUT2D eigenvalue weighted by Crippen LogP contribution is 2.21. The van der Waals surface area contributed by atoms with Crippen LogP contribution in [0.3, 0.4) is 0 Å². The molecule has 0 aliphatic carbocycles. The second kappa shape index (κ2) is 3.97. The summed E-state index contributed by atoms with van der Waals surface area (Å²) < 4.78 is 4.06. The normalized spacial score (nSPS) is 11.4. The Morgan fingerprint density at radius 1 is 1.41 bits per heavy atom. The highest BCUT2D eigenvalue weighted by molar-refractivity contribution is 7.15. The van der Waals surface area contributed by atoms with Gasteiger partial charge in [-0.15, -0.1) is 11.3 Å². The molecule has 5 nitrogen and oxygen atoms in total. The van der Waals surface area contributed by atoms with Crippen molar-refractivity contribution in [2.45, 2.75) is 19.9 Å². The molecule has 17 heavy (non-hydrogen) atoms. The van der Waals surface area contributed by atoms with Crippen molar-refractivity contribution in [3.05, 3.63) is 35.5 Å². The number of nitrogens with two attached hydrogens (primary N) is 1. The average molecular weight is 247 g/mol. The molecule has 0 amide bonds. The van der Waals surface area contributed by atoms with Crippen LogP contribution in [0.5, 0.6) is 0 Å². The number of fused-ring (bicyclic) bond motifs is 1. The SMILES string of the molecule is CCc1nccn1-c1nc2sccn2c1CN. The lowest BCUT2D eigenvalue weighted by molar-refractivity contribution is 0.848. The number of thiazole rings is 1. The van der Waals surface area contributed by atoms with Gasteiger partial charge in [-0.1, -0.05) is 6.92 Å². The van der Waals surface area contributed by atoms with Crippen LogP contribution in [0, 0.1) is 0 Å². The van der Waals surface area contributed by atoms with E-state index in [-0.39, 0.29) is 0 Å². The van der Waals surface area contributed by atoms with Gasteiger partial charge in [0.05, 0.1) is 5.69 Å². The molecule has 0 fully saturated rings. The van der Waals surface area contributed by atoms with Gasteiger partial charge in [0.15, 0.2) is 10.8 Å². The van der Waals surface area contributed by atoms with Crippen LogP contribution in [0.2, 0.25) is 0 Å². The molecule has 0 aromatic carbocycles. The summed E-state index contributed by atoms with van der Waals surface area (Å²) in [5.74, 6) is 1.90. The van der Waals surface area contributed by atoms with Gasteiger partial charge in [-0.25, -0.2) is 9.97 Å². The molecule has 3 aromatic heterocycles. The fourth-order valence-electron chi connectivity index (χ4n) is 1.99. The fraction of sp³-hybridized carbons (Fsp3) is 0.273. The van der Waals surface area contributed by atoms with Crippen LogP contribution in [-0.4, -0.2) is 18.9 Å². The highest BCUT2D eigenvalue weighted by Gasteiger charge is 2.15. The van der Waals surface area contributed by atoms with E-state index in [1.165, 1.54) is 0 Å². The van der Waals surface area contributed by atoms with Crippen LogP contribution >= 0.6 is 11.3 Å². The first kappa shape index (κ1) is 10.5. The van der Waals surface area contributed by atoms with E-state index in [1.54, 1.807) is 17.5 Å². The molecule has 0 spiro atoms. The van der Waals surface area contributed by atoms with Gasteiger partial charge >= 0.3 is 0 Å². The average Bonchev–Trinajstić information content (AvgIpc) is 3.02. The summed E-state index contributed by atoms with van der Waals surface area (Å²) in [5, 5.41) is 2.01. The second-order valence-electron chi connectivity index (χ2n) is 3.71. The lowest BCUT2D eigenvalue weighted by Gasteiger charge is -2.05. The summed E-state index contributed by atoms with van der Waals surface area (Å²) >= 11 is 1.61. The first-order valence-electron chi connectivity index (χ1n) is 5.52. The number of nitrogens with zero attached hydrogens (tertiary/aromatic N) is 4. The standard InChI is InChI=1S/C11H13N5S/c1-2-9-13-3-4-16(9)10-8(7-12)15-5-6-17-11(15)14-10/h3-6H,2,7,12H2,1H3. The first-order valence-corrected chi connectivity index (χ1v) is 6.40. The molecule has 3 rings (SSSR count). The van der Waals surface area contributed by atoms with Crippen LogP contribution in [0.15, 0.2) is 24.0 Å². The zero-order valence-corrected chi connectivity index (χ0v) is 10.3. The molecule has 88 valence electrons. The molecule has 2 N–H and O–H groups in total. The van der Waals surface area contributed by atoms with Gasteiger partial charge < -0.3 is 5.73 Å². The maximum Gasteiger partial charge on any atom is 0.195 e. The van der Waals surface area contributed by atoms with Crippen molar-refractivity contribution in [1.29, 1.82) is 0 Å². The van der Waals surface area contributed by atoms with Crippen molar-refractivity contribution in [1.82, 2.24) is 18.9 Å². The van der Waals surface area contributed by atoms with Crippen molar-refractivity contribution in [2.75, 3.05) is 0 Å². The molecular formula is C11H13N5S. The highest BCUT2D eigenvalue weighted by atomic mass is 32.1. The number of hydrogen-bond acceptors (Lipinski definition) is 4. The maximum atomic E-state index is 5.83. The zero-order chi connectivity index (χ0) is 11.8. The van der Waals surface area contributed by atoms with E-state index >= 15 is 0 Å². The number of hydrogen-bond donors (Lipinski definition) is 1. The number of aromatic nitrogens is 4.